The molecule has 2 unspecified atom stereocenters. The van der Waals surface area contributed by atoms with Crippen molar-refractivity contribution in [1.82, 2.24) is 5.32 Å². The van der Waals surface area contributed by atoms with Gasteiger partial charge in [0.25, 0.3) is 0 Å². The third-order valence-electron chi connectivity index (χ3n) is 2.66. The molecule has 0 saturated heterocycles. The van der Waals surface area contributed by atoms with Crippen molar-refractivity contribution in [3.8, 4) is 0 Å². The second-order valence-electron chi connectivity index (χ2n) is 4.31. The fourth-order valence-corrected chi connectivity index (χ4v) is 0.951. The number of aliphatic hydroxyl groups is 2. The minimum absolute atomic E-state index is 0. The summed E-state index contributed by atoms with van der Waals surface area (Å²) in [6, 6.07) is 0. The van der Waals surface area contributed by atoms with E-state index in [1.807, 2.05) is 0 Å². The zero-order chi connectivity index (χ0) is 12.9. The van der Waals surface area contributed by atoms with E-state index in [9.17, 15) is 24.9 Å². The van der Waals surface area contributed by atoms with Crippen LogP contribution in [0.1, 0.15) is 27.2 Å². The van der Waals surface area contributed by atoms with Crippen molar-refractivity contribution in [2.75, 3.05) is 6.54 Å². The predicted molar refractivity (Wildman–Crippen MR) is 54.1 cm³/mol. The molecule has 17 heavy (non-hydrogen) atoms. The van der Waals surface area contributed by atoms with Crippen LogP contribution in [0.15, 0.2) is 0 Å². The minimum Gasteiger partial charge on any atom is -0.550 e. The summed E-state index contributed by atoms with van der Waals surface area (Å²) in [6.45, 7) is 4.45. The van der Waals surface area contributed by atoms with Crippen LogP contribution in [0.4, 0.5) is 0 Å². The summed E-state index contributed by atoms with van der Waals surface area (Å²) in [5.74, 6) is -1.98. The van der Waals surface area contributed by atoms with Gasteiger partial charge in [0.2, 0.25) is 5.91 Å². The Balaban J connectivity index is 0. The number of rotatable bonds is 6. The molecule has 0 spiro atoms. The van der Waals surface area contributed by atoms with Crippen LogP contribution in [0, 0.1) is 5.41 Å². The van der Waals surface area contributed by atoms with Crippen LogP contribution in [0.3, 0.4) is 0 Å². The second-order valence-corrected chi connectivity index (χ2v) is 4.31. The molecule has 6 nitrogen and oxygen atoms in total. The van der Waals surface area contributed by atoms with Gasteiger partial charge >= 0.3 is 29.6 Å². The molecule has 0 aromatic rings. The predicted octanol–water partition coefficient (Wildman–Crippen LogP) is -4.99. The molecule has 0 rings (SSSR count). The Morgan fingerprint density at radius 2 is 1.82 bits per heavy atom. The molecule has 7 heteroatoms. The zero-order valence-corrected chi connectivity index (χ0v) is 12.7. The minimum atomic E-state index is -1.39. The molecule has 1 amide bonds. The number of hydrogen-bond acceptors (Lipinski definition) is 5. The van der Waals surface area contributed by atoms with Gasteiger partial charge in [-0.05, 0) is 6.92 Å². The summed E-state index contributed by atoms with van der Waals surface area (Å²) in [5.41, 5.74) is -0.994. The van der Waals surface area contributed by atoms with Gasteiger partial charge in [-0.25, -0.2) is 0 Å². The third-order valence-corrected chi connectivity index (χ3v) is 2.66. The van der Waals surface area contributed by atoms with Gasteiger partial charge in [0.15, 0.2) is 0 Å². The van der Waals surface area contributed by atoms with Gasteiger partial charge in [0.05, 0.1) is 6.10 Å². The van der Waals surface area contributed by atoms with Crippen LogP contribution in [0.5, 0.6) is 0 Å². The Morgan fingerprint density at radius 1 is 1.35 bits per heavy atom. The molecule has 3 N–H and O–H groups in total. The smallest absolute Gasteiger partial charge is 0.550 e. The van der Waals surface area contributed by atoms with Crippen molar-refractivity contribution in [2.45, 2.75) is 39.4 Å². The fraction of sp³-hybridized carbons (Fsp3) is 0.800. The first-order valence-electron chi connectivity index (χ1n) is 5.03. The average molecular weight is 255 g/mol. The van der Waals surface area contributed by atoms with Crippen LogP contribution in [0.25, 0.3) is 0 Å². The number of amides is 1. The molecule has 0 bridgehead atoms. The van der Waals surface area contributed by atoms with E-state index in [1.54, 1.807) is 13.8 Å². The maximum Gasteiger partial charge on any atom is 1.00 e. The number of nitrogens with one attached hydrogen (secondary N) is 1. The number of hydrogen-bond donors (Lipinski definition) is 3. The van der Waals surface area contributed by atoms with Gasteiger partial charge in [-0.1, -0.05) is 13.8 Å². The van der Waals surface area contributed by atoms with E-state index in [0.717, 1.165) is 0 Å². The van der Waals surface area contributed by atoms with Crippen molar-refractivity contribution in [1.29, 1.82) is 0 Å². The topological polar surface area (TPSA) is 110 Å². The number of carboxylic acids is 1. The summed E-state index contributed by atoms with van der Waals surface area (Å²) < 4.78 is 0. The Hall–Kier alpha value is -0.140. The molecule has 0 aromatic heterocycles. The van der Waals surface area contributed by atoms with Crippen LogP contribution in [0.2, 0.25) is 0 Å². The summed E-state index contributed by atoms with van der Waals surface area (Å²) in [4.78, 5) is 21.5. The summed E-state index contributed by atoms with van der Waals surface area (Å²) in [7, 11) is 0. The molecule has 0 aliphatic rings. The van der Waals surface area contributed by atoms with Crippen LogP contribution in [-0.4, -0.2) is 40.8 Å². The molecule has 0 fully saturated rings. The van der Waals surface area contributed by atoms with E-state index in [0.29, 0.717) is 0 Å². The van der Waals surface area contributed by atoms with Crippen molar-refractivity contribution < 1.29 is 54.5 Å². The van der Waals surface area contributed by atoms with Crippen molar-refractivity contribution in [3.05, 3.63) is 0 Å². The van der Waals surface area contributed by atoms with Gasteiger partial charge in [-0.3, -0.25) is 4.79 Å². The van der Waals surface area contributed by atoms with Gasteiger partial charge in [0.1, 0.15) is 6.10 Å². The monoisotopic (exact) mass is 255 g/mol. The fourth-order valence-electron chi connectivity index (χ4n) is 0.951. The molecule has 0 aromatic carbocycles. The van der Waals surface area contributed by atoms with Crippen molar-refractivity contribution in [3.63, 3.8) is 0 Å². The van der Waals surface area contributed by atoms with E-state index >= 15 is 0 Å². The molecular formula is C10H18NNaO5. The standard InChI is InChI=1S/C10H19NO5.Na/c1-6(12)10(2,3)8(15)9(16)11-5-4-7(13)14;/h6,8,12,15H,4-5H2,1-3H3,(H,11,16)(H,13,14);/q;+1/p-1. The molecule has 0 radical (unpaired) electrons. The summed E-state index contributed by atoms with van der Waals surface area (Å²) in [5, 5.41) is 31.4. The Morgan fingerprint density at radius 3 is 2.18 bits per heavy atom. The Bertz CT molecular complexity index is 267. The largest absolute Gasteiger partial charge is 1.00 e. The van der Waals surface area contributed by atoms with Crippen LogP contribution < -0.4 is 40.0 Å². The summed E-state index contributed by atoms with van der Waals surface area (Å²) >= 11 is 0. The summed E-state index contributed by atoms with van der Waals surface area (Å²) in [6.07, 6.45) is -2.57. The Kier molecular flexibility index (Phi) is 9.09. The van der Waals surface area contributed by atoms with Gasteiger partial charge < -0.3 is 25.4 Å². The van der Waals surface area contributed by atoms with Gasteiger partial charge in [-0.2, -0.15) is 0 Å². The number of carbonyl (C=O) groups is 2. The number of aliphatic hydroxyl groups excluding tert-OH is 2. The van der Waals surface area contributed by atoms with E-state index < -0.39 is 29.5 Å². The van der Waals surface area contributed by atoms with Gasteiger partial charge in [0, 0.05) is 24.3 Å². The van der Waals surface area contributed by atoms with E-state index in [-0.39, 0.29) is 42.5 Å². The van der Waals surface area contributed by atoms with Crippen LogP contribution >= 0.6 is 0 Å². The first-order valence-corrected chi connectivity index (χ1v) is 5.03. The van der Waals surface area contributed by atoms with Gasteiger partial charge in [-0.15, -0.1) is 0 Å². The second kappa shape index (κ2) is 8.05. The van der Waals surface area contributed by atoms with E-state index in [1.165, 1.54) is 6.92 Å². The molecule has 0 saturated carbocycles. The van der Waals surface area contributed by atoms with Crippen molar-refractivity contribution in [2.24, 2.45) is 5.41 Å². The first-order chi connectivity index (χ1) is 7.19. The van der Waals surface area contributed by atoms with Crippen LogP contribution in [-0.2, 0) is 9.59 Å². The maximum atomic E-state index is 11.4. The van der Waals surface area contributed by atoms with E-state index in [4.69, 9.17) is 0 Å². The number of aliphatic carboxylic acids is 1. The van der Waals surface area contributed by atoms with Crippen molar-refractivity contribution >= 4 is 11.9 Å². The molecule has 94 valence electrons. The Labute approximate surface area is 123 Å². The quantitative estimate of drug-likeness (QED) is 0.412. The SMILES string of the molecule is CC(O)C(C)(C)C(O)C(=O)NCCC(=O)[O-].[Na+]. The first kappa shape index (κ1) is 19.2. The maximum absolute atomic E-state index is 11.4. The zero-order valence-electron chi connectivity index (χ0n) is 10.7. The number of carbonyl (C=O) groups excluding carboxylic acids is 2. The normalized spacial score (nSPS) is 14.4. The average Bonchev–Trinajstić information content (AvgIpc) is 2.15. The van der Waals surface area contributed by atoms with E-state index in [2.05, 4.69) is 5.32 Å². The molecular weight excluding hydrogens is 237 g/mol. The molecule has 2 atom stereocenters. The molecule has 0 aliphatic carbocycles. The number of carboxylic acid groups (broad SMARTS) is 1. The molecule has 0 heterocycles. The third kappa shape index (κ3) is 6.38. The molecule has 0 aliphatic heterocycles.